The first-order valence-corrected chi connectivity index (χ1v) is 10.3. The average molecular weight is 480 g/mol. The van der Waals surface area contributed by atoms with E-state index in [1.54, 1.807) is 30.3 Å². The van der Waals surface area contributed by atoms with Crippen molar-refractivity contribution in [3.05, 3.63) is 35.9 Å². The molecule has 1 rings (SSSR count). The molecule has 13 nitrogen and oxygen atoms in total. The molecule has 186 valence electrons. The molecule has 0 aliphatic carbocycles. The molecule has 0 spiro atoms. The highest BCUT2D eigenvalue weighted by Gasteiger charge is 2.26. The van der Waals surface area contributed by atoms with Gasteiger partial charge in [0.1, 0.15) is 12.1 Å². The maximum Gasteiger partial charge on any atom is 0.326 e. The predicted molar refractivity (Wildman–Crippen MR) is 116 cm³/mol. The summed E-state index contributed by atoms with van der Waals surface area (Å²) in [6.45, 7) is -0.675. The number of carboxylic acid groups (broad SMARTS) is 3. The van der Waals surface area contributed by atoms with E-state index in [0.717, 1.165) is 5.56 Å². The molecule has 0 radical (unpaired) electrons. The number of nitrogens with one attached hydrogen (secondary N) is 3. The first-order chi connectivity index (χ1) is 16.0. The summed E-state index contributed by atoms with van der Waals surface area (Å²) in [7, 11) is 0. The molecule has 0 fully saturated rings. The van der Waals surface area contributed by atoms with E-state index >= 15 is 0 Å². The van der Waals surface area contributed by atoms with Crippen LogP contribution in [0.4, 0.5) is 0 Å². The minimum absolute atomic E-state index is 0.176. The van der Waals surface area contributed by atoms with Crippen molar-refractivity contribution in [1.29, 1.82) is 0 Å². The van der Waals surface area contributed by atoms with Crippen LogP contribution in [0.25, 0.3) is 0 Å². The molecule has 0 heterocycles. The zero-order chi connectivity index (χ0) is 25.7. The fourth-order valence-electron chi connectivity index (χ4n) is 2.84. The monoisotopic (exact) mass is 480 g/mol. The molecule has 0 bridgehead atoms. The average Bonchev–Trinajstić information content (AvgIpc) is 2.77. The Morgan fingerprint density at radius 2 is 1.35 bits per heavy atom. The molecule has 0 aromatic heterocycles. The number of carbonyl (C=O) groups excluding carboxylic acids is 3. The van der Waals surface area contributed by atoms with Crippen LogP contribution in [0.15, 0.2) is 30.3 Å². The summed E-state index contributed by atoms with van der Waals surface area (Å²) in [5.41, 5.74) is 6.67. The Hall–Kier alpha value is -4.00. The largest absolute Gasteiger partial charge is 0.481 e. The normalized spacial score (nSPS) is 13.1. The lowest BCUT2D eigenvalue weighted by molar-refractivity contribution is -0.143. The maximum atomic E-state index is 12.5. The van der Waals surface area contributed by atoms with Crippen LogP contribution < -0.4 is 21.7 Å². The number of hydrogen-bond donors (Lipinski definition) is 7. The third-order valence-electron chi connectivity index (χ3n) is 4.62. The highest BCUT2D eigenvalue weighted by Crippen LogP contribution is 2.04. The van der Waals surface area contributed by atoms with Gasteiger partial charge in [0.05, 0.1) is 12.6 Å². The molecule has 0 aliphatic rings. The number of hydrogen-bond acceptors (Lipinski definition) is 7. The van der Waals surface area contributed by atoms with E-state index in [1.807, 2.05) is 0 Å². The second kappa shape index (κ2) is 14.2. The molecule has 0 saturated heterocycles. The van der Waals surface area contributed by atoms with Crippen LogP contribution >= 0.6 is 0 Å². The molecule has 1 aromatic rings. The third kappa shape index (κ3) is 11.0. The summed E-state index contributed by atoms with van der Waals surface area (Å²) < 4.78 is 0. The lowest BCUT2D eigenvalue weighted by Gasteiger charge is -2.20. The van der Waals surface area contributed by atoms with Crippen molar-refractivity contribution in [2.45, 2.75) is 50.2 Å². The zero-order valence-electron chi connectivity index (χ0n) is 18.2. The fourth-order valence-corrected chi connectivity index (χ4v) is 2.84. The van der Waals surface area contributed by atoms with Crippen LogP contribution in [-0.2, 0) is 35.2 Å². The molecule has 34 heavy (non-hydrogen) atoms. The van der Waals surface area contributed by atoms with Crippen LogP contribution in [0.2, 0.25) is 0 Å². The van der Waals surface area contributed by atoms with Crippen molar-refractivity contribution in [3.63, 3.8) is 0 Å². The number of rotatable bonds is 15. The van der Waals surface area contributed by atoms with Gasteiger partial charge in [0.15, 0.2) is 0 Å². The minimum Gasteiger partial charge on any atom is -0.481 e. The number of benzene rings is 1. The highest BCUT2D eigenvalue weighted by molar-refractivity contribution is 5.93. The van der Waals surface area contributed by atoms with Crippen LogP contribution in [0.3, 0.4) is 0 Å². The summed E-state index contributed by atoms with van der Waals surface area (Å²) in [5, 5.41) is 33.3. The summed E-state index contributed by atoms with van der Waals surface area (Å²) in [4.78, 5) is 69.6. The molecule has 1 aromatic carbocycles. The van der Waals surface area contributed by atoms with E-state index < -0.39 is 73.1 Å². The van der Waals surface area contributed by atoms with Crippen LogP contribution in [-0.4, -0.2) is 75.6 Å². The Labute approximate surface area is 194 Å². The third-order valence-corrected chi connectivity index (χ3v) is 4.62. The van der Waals surface area contributed by atoms with E-state index in [0.29, 0.717) is 0 Å². The van der Waals surface area contributed by atoms with Crippen molar-refractivity contribution < 1.29 is 44.1 Å². The molecular weight excluding hydrogens is 452 g/mol. The van der Waals surface area contributed by atoms with Gasteiger partial charge in [-0.05, 0) is 24.8 Å². The van der Waals surface area contributed by atoms with E-state index in [2.05, 4.69) is 16.0 Å². The van der Waals surface area contributed by atoms with E-state index in [-0.39, 0.29) is 19.3 Å². The predicted octanol–water partition coefficient (Wildman–Crippen LogP) is -1.54. The minimum atomic E-state index is -1.47. The molecule has 3 amide bonds. The Balaban J connectivity index is 2.69. The number of carboxylic acids is 3. The molecule has 0 saturated carbocycles. The number of nitrogens with two attached hydrogens (primary N) is 1. The molecule has 8 N–H and O–H groups in total. The standard InChI is InChI=1S/C21H28N4O9/c22-13(10-12-4-2-1-3-5-12)19(31)25-14(6-8-17(27)28)20(32)23-11-16(26)24-15(21(33)34)7-9-18(29)30/h1-5,13-15H,6-11,22H2,(H,23,32)(H,24,26)(H,25,31)(H,27,28)(H,29,30)(H,33,34). The topological polar surface area (TPSA) is 225 Å². The van der Waals surface area contributed by atoms with Gasteiger partial charge in [-0.25, -0.2) is 4.79 Å². The number of carbonyl (C=O) groups is 6. The van der Waals surface area contributed by atoms with Crippen molar-refractivity contribution in [2.75, 3.05) is 6.54 Å². The number of aliphatic carboxylic acids is 3. The molecule has 13 heteroatoms. The van der Waals surface area contributed by atoms with Crippen molar-refractivity contribution in [3.8, 4) is 0 Å². The Bertz CT molecular complexity index is 891. The SMILES string of the molecule is NC(Cc1ccccc1)C(=O)NC(CCC(=O)O)C(=O)NCC(=O)NC(CCC(=O)O)C(=O)O. The highest BCUT2D eigenvalue weighted by atomic mass is 16.4. The van der Waals surface area contributed by atoms with Gasteiger partial charge in [-0.15, -0.1) is 0 Å². The van der Waals surface area contributed by atoms with E-state index in [9.17, 15) is 28.8 Å². The van der Waals surface area contributed by atoms with Crippen molar-refractivity contribution in [2.24, 2.45) is 5.73 Å². The summed E-state index contributed by atoms with van der Waals surface area (Å²) in [5.74, 6) is -6.36. The van der Waals surface area contributed by atoms with Gasteiger partial charge in [0, 0.05) is 12.8 Å². The van der Waals surface area contributed by atoms with Crippen LogP contribution in [0.1, 0.15) is 31.2 Å². The first kappa shape index (κ1) is 28.0. The summed E-state index contributed by atoms with van der Waals surface area (Å²) >= 11 is 0. The molecule has 3 atom stereocenters. The Morgan fingerprint density at radius 3 is 1.88 bits per heavy atom. The Kier molecular flexibility index (Phi) is 11.7. The molecular formula is C21H28N4O9. The van der Waals surface area contributed by atoms with E-state index in [4.69, 9.17) is 21.1 Å². The van der Waals surface area contributed by atoms with Crippen molar-refractivity contribution >= 4 is 35.6 Å². The van der Waals surface area contributed by atoms with Gasteiger partial charge in [0.2, 0.25) is 17.7 Å². The molecule has 3 unspecified atom stereocenters. The van der Waals surface area contributed by atoms with Crippen LogP contribution in [0.5, 0.6) is 0 Å². The van der Waals surface area contributed by atoms with Gasteiger partial charge >= 0.3 is 17.9 Å². The summed E-state index contributed by atoms with van der Waals surface area (Å²) in [6, 6.07) is 5.07. The number of amides is 3. The van der Waals surface area contributed by atoms with E-state index in [1.165, 1.54) is 0 Å². The zero-order valence-corrected chi connectivity index (χ0v) is 18.2. The Morgan fingerprint density at radius 1 is 0.794 bits per heavy atom. The first-order valence-electron chi connectivity index (χ1n) is 10.3. The van der Waals surface area contributed by atoms with Gasteiger partial charge in [-0.2, -0.15) is 0 Å². The fraction of sp³-hybridized carbons (Fsp3) is 0.429. The smallest absolute Gasteiger partial charge is 0.326 e. The quantitative estimate of drug-likeness (QED) is 0.153. The second-order valence-electron chi connectivity index (χ2n) is 7.40. The van der Waals surface area contributed by atoms with Gasteiger partial charge in [0.25, 0.3) is 0 Å². The summed E-state index contributed by atoms with van der Waals surface area (Å²) in [6.07, 6.45) is -1.40. The van der Waals surface area contributed by atoms with Crippen molar-refractivity contribution in [1.82, 2.24) is 16.0 Å². The molecule has 0 aliphatic heterocycles. The lowest BCUT2D eigenvalue weighted by atomic mass is 10.0. The lowest BCUT2D eigenvalue weighted by Crippen LogP contribution is -2.54. The van der Waals surface area contributed by atoms with Gasteiger partial charge in [-0.3, -0.25) is 24.0 Å². The van der Waals surface area contributed by atoms with Gasteiger partial charge < -0.3 is 37.0 Å². The van der Waals surface area contributed by atoms with Crippen LogP contribution in [0, 0.1) is 0 Å². The van der Waals surface area contributed by atoms with Gasteiger partial charge in [-0.1, -0.05) is 30.3 Å². The maximum absolute atomic E-state index is 12.5. The second-order valence-corrected chi connectivity index (χ2v) is 7.40.